The van der Waals surface area contributed by atoms with Gasteiger partial charge in [-0.25, -0.2) is 9.97 Å². The van der Waals surface area contributed by atoms with E-state index in [1.165, 1.54) is 12.7 Å². The zero-order valence-electron chi connectivity index (χ0n) is 22.7. The molecule has 40 heavy (non-hydrogen) atoms. The van der Waals surface area contributed by atoms with E-state index in [1.54, 1.807) is 7.41 Å². The topological polar surface area (TPSA) is 72.4 Å². The van der Waals surface area contributed by atoms with Crippen molar-refractivity contribution in [2.45, 2.75) is 57.5 Å². The minimum Gasteiger partial charge on any atom is -0.469 e. The third-order valence-electron chi connectivity index (χ3n) is 7.39. The summed E-state index contributed by atoms with van der Waals surface area (Å²) >= 11 is 0. The zero-order chi connectivity index (χ0) is 28.7. The SMILES string of the molecule is COC(=O)Cc1ccc(C)cc1CCc1nc(Cc2ccc(C3CCN([B]C=O)CC3)cc2)ncc1C(F)(F)F. The predicted octanol–water partition coefficient (Wildman–Crippen LogP) is 4.88. The lowest BCUT2D eigenvalue weighted by molar-refractivity contribution is -0.140. The van der Waals surface area contributed by atoms with Crippen LogP contribution in [-0.4, -0.2) is 54.5 Å². The first kappa shape index (κ1) is 29.5. The number of alkyl halides is 3. The lowest BCUT2D eigenvalue weighted by atomic mass is 9.84. The van der Waals surface area contributed by atoms with Gasteiger partial charge in [0.2, 0.25) is 0 Å². The molecule has 0 N–H and O–H groups in total. The van der Waals surface area contributed by atoms with Crippen molar-refractivity contribution in [3.8, 4) is 0 Å². The number of ether oxygens (including phenoxy) is 1. The first-order valence-electron chi connectivity index (χ1n) is 13.3. The van der Waals surface area contributed by atoms with Crippen molar-refractivity contribution < 1.29 is 27.5 Å². The first-order valence-corrected chi connectivity index (χ1v) is 13.3. The molecule has 10 heteroatoms. The summed E-state index contributed by atoms with van der Waals surface area (Å²) in [6.07, 6.45) is -0.246. The number of halogens is 3. The Morgan fingerprint density at radius 1 is 1.10 bits per heavy atom. The van der Waals surface area contributed by atoms with Crippen LogP contribution in [0.3, 0.4) is 0 Å². The Morgan fingerprint density at radius 3 is 2.48 bits per heavy atom. The third-order valence-corrected chi connectivity index (χ3v) is 7.39. The Hall–Kier alpha value is -3.53. The van der Waals surface area contributed by atoms with Crippen LogP contribution in [0.4, 0.5) is 13.2 Å². The summed E-state index contributed by atoms with van der Waals surface area (Å²) in [5.41, 5.74) is 3.71. The molecule has 0 unspecified atom stereocenters. The number of benzene rings is 2. The number of carbonyl (C=O) groups is 2. The molecule has 0 aliphatic carbocycles. The van der Waals surface area contributed by atoms with Gasteiger partial charge in [0.05, 0.1) is 31.0 Å². The minimum atomic E-state index is -4.57. The molecule has 6 nitrogen and oxygen atoms in total. The van der Waals surface area contributed by atoms with Gasteiger partial charge in [-0.15, -0.1) is 0 Å². The van der Waals surface area contributed by atoms with Crippen molar-refractivity contribution >= 4 is 19.6 Å². The Labute approximate surface area is 233 Å². The maximum atomic E-state index is 13.8. The van der Waals surface area contributed by atoms with Crippen LogP contribution in [0.5, 0.6) is 0 Å². The molecule has 3 aromatic rings. The van der Waals surface area contributed by atoms with Crippen molar-refractivity contribution in [3.63, 3.8) is 0 Å². The largest absolute Gasteiger partial charge is 0.469 e. The van der Waals surface area contributed by atoms with Gasteiger partial charge in [0.1, 0.15) is 5.82 Å². The number of nitrogens with zero attached hydrogens (tertiary/aromatic N) is 3. The molecular formula is C30H32BF3N3O3. The van der Waals surface area contributed by atoms with Crippen molar-refractivity contribution in [1.29, 1.82) is 0 Å². The maximum absolute atomic E-state index is 13.8. The summed E-state index contributed by atoms with van der Waals surface area (Å²) in [5.74, 6) is 0.329. The highest BCUT2D eigenvalue weighted by Gasteiger charge is 2.35. The van der Waals surface area contributed by atoms with Crippen molar-refractivity contribution in [1.82, 2.24) is 14.8 Å². The van der Waals surface area contributed by atoms with E-state index in [-0.39, 0.29) is 18.5 Å². The van der Waals surface area contributed by atoms with Gasteiger partial charge in [0, 0.05) is 12.6 Å². The van der Waals surface area contributed by atoms with Crippen LogP contribution in [-0.2, 0) is 46.2 Å². The summed E-state index contributed by atoms with van der Waals surface area (Å²) in [5, 5.41) is 0. The Bertz CT molecular complexity index is 1320. The number of aryl methyl sites for hydroxylation is 3. The summed E-state index contributed by atoms with van der Waals surface area (Å²) in [4.78, 5) is 33.0. The van der Waals surface area contributed by atoms with Gasteiger partial charge in [0.15, 0.2) is 0 Å². The van der Waals surface area contributed by atoms with Crippen molar-refractivity contribution in [2.75, 3.05) is 20.2 Å². The van der Waals surface area contributed by atoms with Crippen LogP contribution in [0, 0.1) is 6.92 Å². The van der Waals surface area contributed by atoms with Gasteiger partial charge in [0.25, 0.3) is 7.41 Å². The monoisotopic (exact) mass is 550 g/mol. The van der Waals surface area contributed by atoms with Crippen LogP contribution in [0.25, 0.3) is 0 Å². The number of rotatable bonds is 10. The number of carbonyl (C=O) groups excluding carboxylic acids is 2. The molecule has 0 saturated carbocycles. The van der Waals surface area contributed by atoms with E-state index in [2.05, 4.69) is 22.1 Å². The number of esters is 1. The van der Waals surface area contributed by atoms with Crippen LogP contribution >= 0.6 is 0 Å². The maximum Gasteiger partial charge on any atom is 0.419 e. The molecule has 1 aromatic heterocycles. The number of piperidine rings is 1. The smallest absolute Gasteiger partial charge is 0.419 e. The molecule has 1 radical (unpaired) electrons. The molecule has 4 rings (SSSR count). The van der Waals surface area contributed by atoms with Crippen molar-refractivity contribution in [3.05, 3.63) is 93.6 Å². The fraction of sp³-hybridized carbons (Fsp3) is 0.400. The molecule has 0 atom stereocenters. The highest BCUT2D eigenvalue weighted by molar-refractivity contribution is 6.64. The van der Waals surface area contributed by atoms with Crippen molar-refractivity contribution in [2.24, 2.45) is 0 Å². The quantitative estimate of drug-likeness (QED) is 0.204. The zero-order valence-corrected chi connectivity index (χ0v) is 22.7. The second-order valence-corrected chi connectivity index (χ2v) is 10.2. The first-order chi connectivity index (χ1) is 19.2. The Balaban J connectivity index is 1.48. The molecule has 2 heterocycles. The number of methoxy groups -OCH3 is 1. The van der Waals surface area contributed by atoms with E-state index >= 15 is 0 Å². The molecule has 1 saturated heterocycles. The molecule has 0 amide bonds. The Morgan fingerprint density at radius 2 is 1.82 bits per heavy atom. The fourth-order valence-electron chi connectivity index (χ4n) is 5.17. The number of aromatic nitrogens is 2. The average molecular weight is 550 g/mol. The highest BCUT2D eigenvalue weighted by Crippen LogP contribution is 2.32. The Kier molecular flexibility index (Phi) is 9.74. The fourth-order valence-corrected chi connectivity index (χ4v) is 5.17. The molecule has 1 fully saturated rings. The van der Waals surface area contributed by atoms with Crippen LogP contribution in [0.1, 0.15) is 63.7 Å². The lowest BCUT2D eigenvalue weighted by Gasteiger charge is -2.30. The normalized spacial score (nSPS) is 14.6. The van der Waals surface area contributed by atoms with E-state index < -0.39 is 17.7 Å². The highest BCUT2D eigenvalue weighted by atomic mass is 19.4. The van der Waals surface area contributed by atoms with E-state index in [0.717, 1.165) is 60.6 Å². The average Bonchev–Trinajstić information content (AvgIpc) is 2.93. The molecular weight excluding hydrogens is 518 g/mol. The van der Waals surface area contributed by atoms with Gasteiger partial charge in [-0.3, -0.25) is 4.79 Å². The van der Waals surface area contributed by atoms with E-state index in [4.69, 9.17) is 4.74 Å². The van der Waals surface area contributed by atoms with Gasteiger partial charge < -0.3 is 14.3 Å². The summed E-state index contributed by atoms with van der Waals surface area (Å²) in [6.45, 7) is 3.57. The predicted molar refractivity (Wildman–Crippen MR) is 147 cm³/mol. The van der Waals surface area contributed by atoms with E-state index in [0.29, 0.717) is 24.6 Å². The van der Waals surface area contributed by atoms with Gasteiger partial charge in [-0.2, -0.15) is 13.2 Å². The number of hydrogen-bond acceptors (Lipinski definition) is 6. The van der Waals surface area contributed by atoms with E-state index in [9.17, 15) is 22.8 Å². The standard InChI is InChI=1S/C30H32BF3N3O3/c1-20-3-6-25(17-29(39)40-2)24(15-20)9-10-27-26(30(32,33)34)18-35-28(36-27)16-21-4-7-22(8-5-21)23-11-13-37(14-12-23)31-19-38/h3-8,15,18-19,23H,9-14,16-17H2,1-2H3. The summed E-state index contributed by atoms with van der Waals surface area (Å²) in [7, 11) is 2.89. The molecule has 1 aliphatic heterocycles. The molecule has 209 valence electrons. The second kappa shape index (κ2) is 13.2. The molecule has 0 spiro atoms. The second-order valence-electron chi connectivity index (χ2n) is 10.2. The number of hydrogen-bond donors (Lipinski definition) is 0. The summed E-state index contributed by atoms with van der Waals surface area (Å²) < 4.78 is 46.2. The van der Waals surface area contributed by atoms with Crippen LogP contribution in [0.15, 0.2) is 48.7 Å². The summed E-state index contributed by atoms with van der Waals surface area (Å²) in [6, 6.07) is 13.6. The minimum absolute atomic E-state index is 0.0551. The van der Waals surface area contributed by atoms with E-state index in [1.807, 2.05) is 42.1 Å². The van der Waals surface area contributed by atoms with Gasteiger partial charge >= 0.3 is 12.1 Å². The third kappa shape index (κ3) is 7.78. The lowest BCUT2D eigenvalue weighted by Crippen LogP contribution is -2.36. The van der Waals surface area contributed by atoms with Crippen LogP contribution < -0.4 is 0 Å². The van der Waals surface area contributed by atoms with Gasteiger partial charge in [-0.1, -0.05) is 48.0 Å². The molecule has 2 aromatic carbocycles. The van der Waals surface area contributed by atoms with Crippen LogP contribution in [0.2, 0.25) is 0 Å². The molecule has 0 bridgehead atoms. The molecule has 1 aliphatic rings. The van der Waals surface area contributed by atoms with Gasteiger partial charge in [-0.05, 0) is 73.9 Å².